The smallest absolute Gasteiger partial charge is 0.144 e. The van der Waals surface area contributed by atoms with Gasteiger partial charge in [0.05, 0.1) is 5.56 Å². The van der Waals surface area contributed by atoms with E-state index in [-0.39, 0.29) is 5.56 Å². The molecule has 0 aliphatic heterocycles. The Bertz CT molecular complexity index is 553. The maximum atomic E-state index is 13.7. The number of halogens is 1. The highest BCUT2D eigenvalue weighted by molar-refractivity contribution is 5.71. The summed E-state index contributed by atoms with van der Waals surface area (Å²) in [5.74, 6) is -0.427. The number of rotatable bonds is 1. The average Bonchev–Trinajstić information content (AvgIpc) is 2.33. The fourth-order valence-corrected chi connectivity index (χ4v) is 1.65. The van der Waals surface area contributed by atoms with Crippen LogP contribution in [-0.2, 0) is 0 Å². The van der Waals surface area contributed by atoms with Gasteiger partial charge in [-0.15, -0.1) is 0 Å². The lowest BCUT2D eigenvalue weighted by Gasteiger charge is -2.06. The van der Waals surface area contributed by atoms with Crippen LogP contribution >= 0.6 is 0 Å². The van der Waals surface area contributed by atoms with Crippen molar-refractivity contribution in [1.82, 2.24) is 0 Å². The van der Waals surface area contributed by atoms with Crippen LogP contribution in [0.4, 0.5) is 4.39 Å². The van der Waals surface area contributed by atoms with Crippen molar-refractivity contribution < 1.29 is 4.39 Å². The Balaban J connectivity index is 2.68. The molecule has 0 N–H and O–H groups in total. The molecule has 78 valence electrons. The van der Waals surface area contributed by atoms with E-state index >= 15 is 0 Å². The van der Waals surface area contributed by atoms with Crippen molar-refractivity contribution in [3.05, 3.63) is 59.4 Å². The quantitative estimate of drug-likeness (QED) is 0.706. The van der Waals surface area contributed by atoms with E-state index in [1.807, 2.05) is 36.4 Å². The number of hydrogen-bond acceptors (Lipinski definition) is 1. The Morgan fingerprint density at radius 1 is 1.06 bits per heavy atom. The molecule has 2 heteroatoms. The van der Waals surface area contributed by atoms with Crippen LogP contribution in [0.15, 0.2) is 42.5 Å². The van der Waals surface area contributed by atoms with Crippen LogP contribution in [0.3, 0.4) is 0 Å². The van der Waals surface area contributed by atoms with Gasteiger partial charge in [0.25, 0.3) is 0 Å². The second-order valence-corrected chi connectivity index (χ2v) is 3.60. The highest BCUT2D eigenvalue weighted by atomic mass is 19.1. The van der Waals surface area contributed by atoms with E-state index in [0.29, 0.717) is 11.1 Å². The standard InChI is InChI=1S/C14H10FN/c1-10-7-8-12(13(9-16)14(10)15)11-5-3-2-4-6-11/h2-8H,1H3. The highest BCUT2D eigenvalue weighted by Gasteiger charge is 2.11. The van der Waals surface area contributed by atoms with E-state index in [9.17, 15) is 4.39 Å². The molecule has 0 saturated carbocycles. The number of aryl methyl sites for hydroxylation is 1. The molecule has 0 unspecified atom stereocenters. The van der Waals surface area contributed by atoms with E-state index in [0.717, 1.165) is 5.56 Å². The molecule has 0 spiro atoms. The minimum absolute atomic E-state index is 0.117. The number of nitriles is 1. The molecule has 0 bridgehead atoms. The Labute approximate surface area is 93.8 Å². The molecule has 2 aromatic carbocycles. The molecule has 1 nitrogen and oxygen atoms in total. The molecule has 0 aliphatic carbocycles. The summed E-state index contributed by atoms with van der Waals surface area (Å²) in [6.07, 6.45) is 0. The second kappa shape index (κ2) is 4.16. The van der Waals surface area contributed by atoms with Gasteiger partial charge in [-0.3, -0.25) is 0 Å². The lowest BCUT2D eigenvalue weighted by atomic mass is 9.98. The van der Waals surface area contributed by atoms with Gasteiger partial charge in [-0.25, -0.2) is 4.39 Å². The van der Waals surface area contributed by atoms with Crippen LogP contribution in [-0.4, -0.2) is 0 Å². The summed E-state index contributed by atoms with van der Waals surface area (Å²) in [6.45, 7) is 1.66. The molecular weight excluding hydrogens is 201 g/mol. The van der Waals surface area contributed by atoms with E-state index < -0.39 is 5.82 Å². The van der Waals surface area contributed by atoms with Gasteiger partial charge in [0.1, 0.15) is 11.9 Å². The van der Waals surface area contributed by atoms with Crippen LogP contribution in [0.25, 0.3) is 11.1 Å². The van der Waals surface area contributed by atoms with Crippen molar-refractivity contribution in [2.45, 2.75) is 6.92 Å². The first-order chi connectivity index (χ1) is 7.74. The van der Waals surface area contributed by atoms with Crippen LogP contribution in [0.1, 0.15) is 11.1 Å². The molecule has 0 radical (unpaired) electrons. The number of nitrogens with zero attached hydrogens (tertiary/aromatic N) is 1. The first-order valence-corrected chi connectivity index (χ1v) is 4.98. The summed E-state index contributed by atoms with van der Waals surface area (Å²) in [6, 6.07) is 14.8. The fourth-order valence-electron chi connectivity index (χ4n) is 1.65. The minimum atomic E-state index is -0.427. The van der Waals surface area contributed by atoms with Gasteiger partial charge in [0.15, 0.2) is 0 Å². The second-order valence-electron chi connectivity index (χ2n) is 3.60. The zero-order valence-corrected chi connectivity index (χ0v) is 8.87. The molecule has 2 aromatic rings. The summed E-state index contributed by atoms with van der Waals surface area (Å²) in [7, 11) is 0. The lowest BCUT2D eigenvalue weighted by molar-refractivity contribution is 0.615. The maximum Gasteiger partial charge on any atom is 0.144 e. The van der Waals surface area contributed by atoms with Crippen molar-refractivity contribution in [2.75, 3.05) is 0 Å². The van der Waals surface area contributed by atoms with Crippen molar-refractivity contribution >= 4 is 0 Å². The summed E-state index contributed by atoms with van der Waals surface area (Å²) in [4.78, 5) is 0. The first kappa shape index (κ1) is 10.4. The predicted molar refractivity (Wildman–Crippen MR) is 61.3 cm³/mol. The summed E-state index contributed by atoms with van der Waals surface area (Å²) >= 11 is 0. The predicted octanol–water partition coefficient (Wildman–Crippen LogP) is 3.67. The number of hydrogen-bond donors (Lipinski definition) is 0. The normalized spacial score (nSPS) is 9.81. The Morgan fingerprint density at radius 2 is 1.75 bits per heavy atom. The molecule has 0 heterocycles. The van der Waals surface area contributed by atoms with E-state index in [1.165, 1.54) is 0 Å². The minimum Gasteiger partial charge on any atom is -0.205 e. The topological polar surface area (TPSA) is 23.8 Å². The van der Waals surface area contributed by atoms with Crippen molar-refractivity contribution in [2.24, 2.45) is 0 Å². The first-order valence-electron chi connectivity index (χ1n) is 4.98. The summed E-state index contributed by atoms with van der Waals surface area (Å²) in [5, 5.41) is 9.00. The Hall–Kier alpha value is -2.14. The monoisotopic (exact) mass is 211 g/mol. The van der Waals surface area contributed by atoms with E-state index in [2.05, 4.69) is 0 Å². The van der Waals surface area contributed by atoms with Crippen LogP contribution in [0, 0.1) is 24.1 Å². The van der Waals surface area contributed by atoms with Gasteiger partial charge < -0.3 is 0 Å². The largest absolute Gasteiger partial charge is 0.205 e. The highest BCUT2D eigenvalue weighted by Crippen LogP contribution is 2.26. The number of benzene rings is 2. The molecule has 0 fully saturated rings. The van der Waals surface area contributed by atoms with Gasteiger partial charge >= 0.3 is 0 Å². The van der Waals surface area contributed by atoms with Crippen molar-refractivity contribution in [1.29, 1.82) is 5.26 Å². The lowest BCUT2D eigenvalue weighted by Crippen LogP contribution is -1.92. The third-order valence-electron chi connectivity index (χ3n) is 2.53. The summed E-state index contributed by atoms with van der Waals surface area (Å²) < 4.78 is 13.7. The molecule has 2 rings (SSSR count). The zero-order chi connectivity index (χ0) is 11.5. The van der Waals surface area contributed by atoms with Crippen molar-refractivity contribution in [3.8, 4) is 17.2 Å². The maximum absolute atomic E-state index is 13.7. The molecule has 0 aliphatic rings. The molecule has 0 aromatic heterocycles. The van der Waals surface area contributed by atoms with Gasteiger partial charge in [-0.05, 0) is 18.1 Å². The van der Waals surface area contributed by atoms with Crippen LogP contribution < -0.4 is 0 Å². The van der Waals surface area contributed by atoms with E-state index in [1.54, 1.807) is 19.1 Å². The van der Waals surface area contributed by atoms with Crippen LogP contribution in [0.5, 0.6) is 0 Å². The molecule has 0 atom stereocenters. The van der Waals surface area contributed by atoms with Gasteiger partial charge in [0, 0.05) is 5.56 Å². The third kappa shape index (κ3) is 1.68. The van der Waals surface area contributed by atoms with Gasteiger partial charge in [0.2, 0.25) is 0 Å². The van der Waals surface area contributed by atoms with Gasteiger partial charge in [-0.1, -0.05) is 42.5 Å². The fraction of sp³-hybridized carbons (Fsp3) is 0.0714. The summed E-state index contributed by atoms with van der Waals surface area (Å²) in [5.41, 5.74) is 2.12. The Morgan fingerprint density at radius 3 is 2.38 bits per heavy atom. The van der Waals surface area contributed by atoms with Crippen LogP contribution in [0.2, 0.25) is 0 Å². The van der Waals surface area contributed by atoms with E-state index in [4.69, 9.17) is 5.26 Å². The SMILES string of the molecule is Cc1ccc(-c2ccccc2)c(C#N)c1F. The zero-order valence-electron chi connectivity index (χ0n) is 8.87. The third-order valence-corrected chi connectivity index (χ3v) is 2.53. The molecule has 0 amide bonds. The van der Waals surface area contributed by atoms with Crippen molar-refractivity contribution in [3.63, 3.8) is 0 Å². The molecule has 0 saturated heterocycles. The average molecular weight is 211 g/mol. The Kier molecular flexibility index (Phi) is 2.70. The molecular formula is C14H10FN. The molecule has 16 heavy (non-hydrogen) atoms. The van der Waals surface area contributed by atoms with Gasteiger partial charge in [-0.2, -0.15) is 5.26 Å².